The number of amides is 2. The van der Waals surface area contributed by atoms with Crippen LogP contribution in [0.25, 0.3) is 0 Å². The van der Waals surface area contributed by atoms with E-state index in [2.05, 4.69) is 5.32 Å². The standard InChI is InChI=1S/C23H22N2O2/c1-17(21(24)26)25-22(27)23(18-11-5-2-6-12-18,19-13-7-3-8-14-19)20-15-9-4-10-16-20/h2-17H,1H3,(H2,24,26)(H,25,27)/t17-/m1/s1. The minimum Gasteiger partial charge on any atom is -0.368 e. The van der Waals surface area contributed by atoms with Crippen molar-refractivity contribution in [3.63, 3.8) is 0 Å². The van der Waals surface area contributed by atoms with Crippen LogP contribution in [0.3, 0.4) is 0 Å². The van der Waals surface area contributed by atoms with Gasteiger partial charge in [0.2, 0.25) is 11.8 Å². The predicted octanol–water partition coefficient (Wildman–Crippen LogP) is 3.01. The molecule has 0 bridgehead atoms. The maximum Gasteiger partial charge on any atom is 0.240 e. The van der Waals surface area contributed by atoms with Crippen molar-refractivity contribution in [1.82, 2.24) is 5.32 Å². The molecule has 136 valence electrons. The maximum atomic E-state index is 13.7. The van der Waals surface area contributed by atoms with Crippen molar-refractivity contribution in [2.75, 3.05) is 0 Å². The summed E-state index contributed by atoms with van der Waals surface area (Å²) in [6, 6.07) is 27.9. The first-order valence-electron chi connectivity index (χ1n) is 8.83. The fraction of sp³-hybridized carbons (Fsp3) is 0.130. The van der Waals surface area contributed by atoms with Crippen LogP contribution in [-0.4, -0.2) is 17.9 Å². The molecule has 0 aliphatic heterocycles. The van der Waals surface area contributed by atoms with Crippen molar-refractivity contribution < 1.29 is 9.59 Å². The average molecular weight is 358 g/mol. The van der Waals surface area contributed by atoms with Crippen LogP contribution in [-0.2, 0) is 15.0 Å². The van der Waals surface area contributed by atoms with E-state index in [9.17, 15) is 9.59 Å². The van der Waals surface area contributed by atoms with Crippen molar-refractivity contribution in [2.24, 2.45) is 5.73 Å². The van der Waals surface area contributed by atoms with Crippen LogP contribution in [0.5, 0.6) is 0 Å². The normalized spacial score (nSPS) is 12.2. The summed E-state index contributed by atoms with van der Waals surface area (Å²) < 4.78 is 0. The Bertz CT molecular complexity index is 812. The molecule has 1 atom stereocenters. The van der Waals surface area contributed by atoms with E-state index >= 15 is 0 Å². The number of benzene rings is 3. The van der Waals surface area contributed by atoms with Gasteiger partial charge in [-0.2, -0.15) is 0 Å². The molecule has 0 fully saturated rings. The lowest BCUT2D eigenvalue weighted by Gasteiger charge is -2.35. The summed E-state index contributed by atoms with van der Waals surface area (Å²) in [5, 5.41) is 2.80. The second kappa shape index (κ2) is 7.87. The van der Waals surface area contributed by atoms with Crippen LogP contribution in [0.4, 0.5) is 0 Å². The number of carbonyl (C=O) groups is 2. The molecule has 27 heavy (non-hydrogen) atoms. The van der Waals surface area contributed by atoms with Crippen LogP contribution >= 0.6 is 0 Å². The lowest BCUT2D eigenvalue weighted by Crippen LogP contribution is -2.52. The summed E-state index contributed by atoms with van der Waals surface area (Å²) in [5.41, 5.74) is 6.74. The Labute approximate surface area is 159 Å². The summed E-state index contributed by atoms with van der Waals surface area (Å²) in [6.45, 7) is 1.59. The molecule has 0 saturated heterocycles. The van der Waals surface area contributed by atoms with Crippen molar-refractivity contribution in [1.29, 1.82) is 0 Å². The topological polar surface area (TPSA) is 72.2 Å². The van der Waals surface area contributed by atoms with Gasteiger partial charge in [0.05, 0.1) is 0 Å². The van der Waals surface area contributed by atoms with Gasteiger partial charge in [-0.05, 0) is 23.6 Å². The van der Waals surface area contributed by atoms with Crippen LogP contribution in [0.2, 0.25) is 0 Å². The number of primary amides is 1. The Kier molecular flexibility index (Phi) is 5.36. The highest BCUT2D eigenvalue weighted by molar-refractivity contribution is 5.98. The molecular weight excluding hydrogens is 336 g/mol. The van der Waals surface area contributed by atoms with Gasteiger partial charge in [-0.1, -0.05) is 91.0 Å². The summed E-state index contributed by atoms with van der Waals surface area (Å²) in [7, 11) is 0. The van der Waals surface area contributed by atoms with E-state index < -0.39 is 17.4 Å². The highest BCUT2D eigenvalue weighted by Crippen LogP contribution is 2.39. The molecule has 0 saturated carbocycles. The molecule has 0 aliphatic rings. The van der Waals surface area contributed by atoms with Crippen LogP contribution in [0.15, 0.2) is 91.0 Å². The zero-order valence-corrected chi connectivity index (χ0v) is 15.1. The van der Waals surface area contributed by atoms with Gasteiger partial charge in [-0.25, -0.2) is 0 Å². The molecule has 4 heteroatoms. The molecule has 0 spiro atoms. The molecule has 3 N–H and O–H groups in total. The second-order valence-electron chi connectivity index (χ2n) is 6.45. The number of hydrogen-bond donors (Lipinski definition) is 2. The zero-order chi connectivity index (χ0) is 19.3. The highest BCUT2D eigenvalue weighted by Gasteiger charge is 2.44. The van der Waals surface area contributed by atoms with Crippen molar-refractivity contribution >= 4 is 11.8 Å². The van der Waals surface area contributed by atoms with Gasteiger partial charge in [-0.3, -0.25) is 9.59 Å². The smallest absolute Gasteiger partial charge is 0.240 e. The molecule has 3 aromatic rings. The quantitative estimate of drug-likeness (QED) is 0.665. The van der Waals surface area contributed by atoms with Gasteiger partial charge in [0.25, 0.3) is 0 Å². The first kappa shape index (κ1) is 18.4. The number of rotatable bonds is 6. The molecule has 0 unspecified atom stereocenters. The molecule has 3 aromatic carbocycles. The lowest BCUT2D eigenvalue weighted by atomic mass is 9.68. The molecule has 0 aromatic heterocycles. The predicted molar refractivity (Wildman–Crippen MR) is 106 cm³/mol. The molecule has 2 amide bonds. The Morgan fingerprint density at radius 1 is 0.741 bits per heavy atom. The average Bonchev–Trinajstić information content (AvgIpc) is 2.71. The van der Waals surface area contributed by atoms with Crippen molar-refractivity contribution in [3.05, 3.63) is 108 Å². The largest absolute Gasteiger partial charge is 0.368 e. The number of carbonyl (C=O) groups excluding carboxylic acids is 2. The summed E-state index contributed by atoms with van der Waals surface area (Å²) in [5.74, 6) is -0.871. The lowest BCUT2D eigenvalue weighted by molar-refractivity contribution is -0.129. The third-order valence-corrected chi connectivity index (χ3v) is 4.74. The monoisotopic (exact) mass is 358 g/mol. The molecule has 3 rings (SSSR count). The van der Waals surface area contributed by atoms with Gasteiger partial charge in [0, 0.05) is 0 Å². The van der Waals surface area contributed by atoms with E-state index in [0.717, 1.165) is 16.7 Å². The Morgan fingerprint density at radius 3 is 1.37 bits per heavy atom. The second-order valence-corrected chi connectivity index (χ2v) is 6.45. The Hall–Kier alpha value is -3.40. The van der Waals surface area contributed by atoms with Crippen molar-refractivity contribution in [3.8, 4) is 0 Å². The molecular formula is C23H22N2O2. The van der Waals surface area contributed by atoms with E-state index in [4.69, 9.17) is 5.73 Å². The van der Waals surface area contributed by atoms with E-state index in [1.54, 1.807) is 6.92 Å². The molecule has 4 nitrogen and oxygen atoms in total. The molecule has 0 heterocycles. The Balaban J connectivity index is 2.29. The Morgan fingerprint density at radius 2 is 1.07 bits per heavy atom. The van der Waals surface area contributed by atoms with Gasteiger partial charge < -0.3 is 11.1 Å². The minimum atomic E-state index is -1.10. The first-order valence-corrected chi connectivity index (χ1v) is 8.83. The van der Waals surface area contributed by atoms with Gasteiger partial charge in [0.1, 0.15) is 11.5 Å². The van der Waals surface area contributed by atoms with Gasteiger partial charge in [-0.15, -0.1) is 0 Å². The number of nitrogens with two attached hydrogens (primary N) is 1. The molecule has 0 aliphatic carbocycles. The van der Waals surface area contributed by atoms with Crippen LogP contribution in [0.1, 0.15) is 23.6 Å². The fourth-order valence-corrected chi connectivity index (χ4v) is 3.33. The van der Waals surface area contributed by atoms with Crippen LogP contribution in [0, 0.1) is 0 Å². The summed E-state index contributed by atoms with van der Waals surface area (Å²) in [4.78, 5) is 25.2. The van der Waals surface area contributed by atoms with E-state index in [0.29, 0.717) is 0 Å². The van der Waals surface area contributed by atoms with E-state index in [-0.39, 0.29) is 5.91 Å². The first-order chi connectivity index (χ1) is 13.1. The SMILES string of the molecule is C[C@@H](NC(=O)C(c1ccccc1)(c1ccccc1)c1ccccc1)C(N)=O. The van der Waals surface area contributed by atoms with E-state index in [1.807, 2.05) is 91.0 Å². The summed E-state index contributed by atoms with van der Waals surface area (Å²) in [6.07, 6.45) is 0. The van der Waals surface area contributed by atoms with E-state index in [1.165, 1.54) is 0 Å². The number of hydrogen-bond acceptors (Lipinski definition) is 2. The van der Waals surface area contributed by atoms with Gasteiger partial charge >= 0.3 is 0 Å². The minimum absolute atomic E-state index is 0.294. The maximum absolute atomic E-state index is 13.7. The highest BCUT2D eigenvalue weighted by atomic mass is 16.2. The fourth-order valence-electron chi connectivity index (χ4n) is 3.33. The van der Waals surface area contributed by atoms with Crippen molar-refractivity contribution in [2.45, 2.75) is 18.4 Å². The van der Waals surface area contributed by atoms with Crippen LogP contribution < -0.4 is 11.1 Å². The summed E-state index contributed by atoms with van der Waals surface area (Å²) >= 11 is 0. The zero-order valence-electron chi connectivity index (χ0n) is 15.1. The van der Waals surface area contributed by atoms with Gasteiger partial charge in [0.15, 0.2) is 0 Å². The third-order valence-electron chi connectivity index (χ3n) is 4.74. The molecule has 0 radical (unpaired) electrons. The number of nitrogens with one attached hydrogen (secondary N) is 1. The third kappa shape index (κ3) is 3.47.